The Labute approximate surface area is 124 Å². The minimum atomic E-state index is 0.271. The van der Waals surface area contributed by atoms with Crippen molar-refractivity contribution in [3.05, 3.63) is 0 Å². The Balaban J connectivity index is 1.92. The second kappa shape index (κ2) is 7.43. The molecule has 20 heavy (non-hydrogen) atoms. The molecule has 3 nitrogen and oxygen atoms in total. The number of piperazine rings is 1. The Bertz CT molecular complexity index is 328. The molecule has 1 aliphatic carbocycles. The topological polar surface area (TPSA) is 30.3 Å². The van der Waals surface area contributed by atoms with Crippen molar-refractivity contribution in [1.29, 1.82) is 5.26 Å². The summed E-state index contributed by atoms with van der Waals surface area (Å²) in [6.45, 7) is 11.6. The first-order chi connectivity index (χ1) is 9.69. The molecule has 0 radical (unpaired) electrons. The Morgan fingerprint density at radius 2 is 1.85 bits per heavy atom. The highest BCUT2D eigenvalue weighted by molar-refractivity contribution is 4.98. The average molecular weight is 277 g/mol. The van der Waals surface area contributed by atoms with E-state index in [9.17, 15) is 5.26 Å². The molecule has 0 amide bonds. The minimum absolute atomic E-state index is 0.271. The molecule has 0 spiro atoms. The molecule has 1 heterocycles. The van der Waals surface area contributed by atoms with E-state index in [-0.39, 0.29) is 5.92 Å². The van der Waals surface area contributed by atoms with Crippen LogP contribution >= 0.6 is 0 Å². The van der Waals surface area contributed by atoms with Crippen molar-refractivity contribution in [2.24, 2.45) is 11.8 Å². The van der Waals surface area contributed by atoms with Crippen LogP contribution in [-0.4, -0.2) is 48.1 Å². The number of hydrogen-bond acceptors (Lipinski definition) is 3. The molecule has 1 saturated carbocycles. The summed E-state index contributed by atoms with van der Waals surface area (Å²) >= 11 is 0. The van der Waals surface area contributed by atoms with Gasteiger partial charge in [-0.3, -0.25) is 9.80 Å². The van der Waals surface area contributed by atoms with E-state index in [0.717, 1.165) is 25.4 Å². The van der Waals surface area contributed by atoms with E-state index in [4.69, 9.17) is 0 Å². The Kier molecular flexibility index (Phi) is 5.86. The molecule has 1 saturated heterocycles. The van der Waals surface area contributed by atoms with Crippen molar-refractivity contribution >= 4 is 0 Å². The first-order valence-electron chi connectivity index (χ1n) is 8.57. The van der Waals surface area contributed by atoms with Crippen LogP contribution in [-0.2, 0) is 0 Å². The Hall–Kier alpha value is -0.590. The van der Waals surface area contributed by atoms with E-state index >= 15 is 0 Å². The van der Waals surface area contributed by atoms with Gasteiger partial charge < -0.3 is 0 Å². The van der Waals surface area contributed by atoms with Crippen LogP contribution < -0.4 is 0 Å². The summed E-state index contributed by atoms with van der Waals surface area (Å²) in [4.78, 5) is 5.23. The van der Waals surface area contributed by atoms with Gasteiger partial charge in [-0.15, -0.1) is 0 Å². The van der Waals surface area contributed by atoms with Gasteiger partial charge in [-0.05, 0) is 38.5 Å². The maximum atomic E-state index is 9.44. The Morgan fingerprint density at radius 1 is 1.15 bits per heavy atom. The summed E-state index contributed by atoms with van der Waals surface area (Å²) in [5.74, 6) is 1.12. The van der Waals surface area contributed by atoms with Gasteiger partial charge in [-0.1, -0.05) is 20.3 Å². The third-order valence-corrected chi connectivity index (χ3v) is 5.70. The van der Waals surface area contributed by atoms with Gasteiger partial charge in [-0.2, -0.15) is 5.26 Å². The van der Waals surface area contributed by atoms with Crippen molar-refractivity contribution in [2.75, 3.05) is 26.2 Å². The van der Waals surface area contributed by atoms with Crippen molar-refractivity contribution < 1.29 is 0 Å². The van der Waals surface area contributed by atoms with Crippen molar-refractivity contribution in [3.8, 4) is 6.07 Å². The zero-order chi connectivity index (χ0) is 14.5. The molecule has 4 unspecified atom stereocenters. The van der Waals surface area contributed by atoms with E-state index in [0.29, 0.717) is 12.1 Å². The Morgan fingerprint density at radius 3 is 2.40 bits per heavy atom. The molecule has 4 atom stereocenters. The third kappa shape index (κ3) is 3.54. The predicted molar refractivity (Wildman–Crippen MR) is 83.4 cm³/mol. The van der Waals surface area contributed by atoms with E-state index in [2.05, 4.69) is 36.6 Å². The van der Waals surface area contributed by atoms with Gasteiger partial charge in [0.15, 0.2) is 0 Å². The molecule has 2 fully saturated rings. The van der Waals surface area contributed by atoms with Crippen molar-refractivity contribution in [3.63, 3.8) is 0 Å². The van der Waals surface area contributed by atoms with Crippen molar-refractivity contribution in [2.45, 2.75) is 65.0 Å². The largest absolute Gasteiger partial charge is 0.298 e. The molecular formula is C17H31N3. The minimum Gasteiger partial charge on any atom is -0.298 e. The maximum Gasteiger partial charge on any atom is 0.0672 e. The van der Waals surface area contributed by atoms with Gasteiger partial charge in [0.05, 0.1) is 12.0 Å². The number of nitriles is 1. The highest BCUT2D eigenvalue weighted by Gasteiger charge is 2.35. The van der Waals surface area contributed by atoms with Crippen LogP contribution in [0.3, 0.4) is 0 Å². The smallest absolute Gasteiger partial charge is 0.0672 e. The zero-order valence-electron chi connectivity index (χ0n) is 13.5. The average Bonchev–Trinajstić information content (AvgIpc) is 2.53. The number of nitrogens with zero attached hydrogens (tertiary/aromatic N) is 3. The quantitative estimate of drug-likeness (QED) is 0.791. The zero-order valence-corrected chi connectivity index (χ0v) is 13.5. The van der Waals surface area contributed by atoms with Crippen LogP contribution in [0.2, 0.25) is 0 Å². The van der Waals surface area contributed by atoms with Gasteiger partial charge in [0, 0.05) is 38.3 Å². The fourth-order valence-electron chi connectivity index (χ4n) is 3.92. The van der Waals surface area contributed by atoms with E-state index in [1.807, 2.05) is 0 Å². The first kappa shape index (κ1) is 15.8. The summed E-state index contributed by atoms with van der Waals surface area (Å²) in [7, 11) is 0. The van der Waals surface area contributed by atoms with Crippen LogP contribution in [0.5, 0.6) is 0 Å². The van der Waals surface area contributed by atoms with Gasteiger partial charge in [0.2, 0.25) is 0 Å². The second-order valence-corrected chi connectivity index (χ2v) is 6.72. The lowest BCUT2D eigenvalue weighted by Gasteiger charge is -2.45. The number of hydrogen-bond donors (Lipinski definition) is 0. The summed E-state index contributed by atoms with van der Waals surface area (Å²) in [5.41, 5.74) is 0. The van der Waals surface area contributed by atoms with E-state index in [1.54, 1.807) is 0 Å². The van der Waals surface area contributed by atoms with Gasteiger partial charge >= 0.3 is 0 Å². The lowest BCUT2D eigenvalue weighted by molar-refractivity contribution is 0.0353. The fourth-order valence-corrected chi connectivity index (χ4v) is 3.92. The summed E-state index contributed by atoms with van der Waals surface area (Å²) in [5, 5.41) is 9.44. The van der Waals surface area contributed by atoms with Gasteiger partial charge in [-0.25, -0.2) is 0 Å². The number of rotatable bonds is 4. The normalized spacial score (nSPS) is 34.6. The molecule has 0 bridgehead atoms. The predicted octanol–water partition coefficient (Wildman–Crippen LogP) is 3.12. The molecule has 0 N–H and O–H groups in total. The molecule has 0 aromatic carbocycles. The lowest BCUT2D eigenvalue weighted by Crippen LogP contribution is -2.55. The van der Waals surface area contributed by atoms with Crippen LogP contribution in [0.15, 0.2) is 0 Å². The van der Waals surface area contributed by atoms with E-state index in [1.165, 1.54) is 38.8 Å². The highest BCUT2D eigenvalue weighted by atomic mass is 15.3. The summed E-state index contributed by atoms with van der Waals surface area (Å²) < 4.78 is 0. The summed E-state index contributed by atoms with van der Waals surface area (Å²) in [6.07, 6.45) is 6.14. The molecule has 3 heteroatoms. The van der Waals surface area contributed by atoms with Crippen LogP contribution in [0.25, 0.3) is 0 Å². The lowest BCUT2D eigenvalue weighted by atomic mass is 9.77. The molecule has 2 aliphatic rings. The SMILES string of the molecule is CCC1CCC(C#N)C(N2CCN(C(C)CC)CC2)C1. The van der Waals surface area contributed by atoms with Gasteiger partial charge in [0.25, 0.3) is 0 Å². The molecule has 2 rings (SSSR count). The van der Waals surface area contributed by atoms with Crippen LogP contribution in [0.1, 0.15) is 52.9 Å². The van der Waals surface area contributed by atoms with Gasteiger partial charge in [0.1, 0.15) is 0 Å². The fraction of sp³-hybridized carbons (Fsp3) is 0.941. The molecular weight excluding hydrogens is 246 g/mol. The molecule has 0 aromatic heterocycles. The molecule has 114 valence electrons. The highest BCUT2D eigenvalue weighted by Crippen LogP contribution is 2.34. The second-order valence-electron chi connectivity index (χ2n) is 6.72. The summed E-state index contributed by atoms with van der Waals surface area (Å²) in [6, 6.07) is 3.82. The third-order valence-electron chi connectivity index (χ3n) is 5.70. The monoisotopic (exact) mass is 277 g/mol. The van der Waals surface area contributed by atoms with Crippen molar-refractivity contribution in [1.82, 2.24) is 9.80 Å². The van der Waals surface area contributed by atoms with Crippen LogP contribution in [0.4, 0.5) is 0 Å². The van der Waals surface area contributed by atoms with E-state index < -0.39 is 0 Å². The molecule has 1 aliphatic heterocycles. The molecule has 0 aromatic rings. The van der Waals surface area contributed by atoms with Crippen LogP contribution in [0, 0.1) is 23.2 Å². The standard InChI is InChI=1S/C17H31N3/c1-4-14(3)19-8-10-20(11-9-19)17-12-15(5-2)6-7-16(17)13-18/h14-17H,4-12H2,1-3H3. The maximum absolute atomic E-state index is 9.44. The first-order valence-corrected chi connectivity index (χ1v) is 8.57.